The number of halogens is 2. The zero-order valence-corrected chi connectivity index (χ0v) is 10.7. The lowest BCUT2D eigenvalue weighted by Gasteiger charge is -2.08. The third-order valence-electron chi connectivity index (χ3n) is 2.31. The molecule has 0 aliphatic heterocycles. The Morgan fingerprint density at radius 1 is 1.29 bits per heavy atom. The molecule has 2 N–H and O–H groups in total. The zero-order chi connectivity index (χ0) is 12.4. The van der Waals surface area contributed by atoms with E-state index in [9.17, 15) is 0 Å². The number of aromatic nitrogens is 2. The van der Waals surface area contributed by atoms with E-state index in [1.807, 2.05) is 6.92 Å². The van der Waals surface area contributed by atoms with Gasteiger partial charge in [-0.1, -0.05) is 35.3 Å². The Labute approximate surface area is 109 Å². The van der Waals surface area contributed by atoms with E-state index in [1.54, 1.807) is 18.2 Å². The van der Waals surface area contributed by atoms with Crippen molar-refractivity contribution in [3.05, 3.63) is 45.5 Å². The Kier molecular flexibility index (Phi) is 3.66. The molecule has 4 nitrogen and oxygen atoms in total. The van der Waals surface area contributed by atoms with Crippen molar-refractivity contribution < 1.29 is 4.52 Å². The number of nitrogens with zero attached hydrogens (tertiary/aromatic N) is 2. The summed E-state index contributed by atoms with van der Waals surface area (Å²) in [6, 6.07) is 4.63. The lowest BCUT2D eigenvalue weighted by Crippen LogP contribution is -2.13. The molecule has 0 saturated carbocycles. The molecule has 17 heavy (non-hydrogen) atoms. The smallest absolute Gasteiger partial charge is 0.226 e. The molecule has 1 unspecified atom stereocenters. The van der Waals surface area contributed by atoms with Gasteiger partial charge in [0.05, 0.1) is 6.04 Å². The first kappa shape index (κ1) is 12.4. The van der Waals surface area contributed by atoms with Crippen LogP contribution in [0.15, 0.2) is 22.7 Å². The van der Waals surface area contributed by atoms with Crippen LogP contribution in [0, 0.1) is 0 Å². The maximum Gasteiger partial charge on any atom is 0.226 e. The van der Waals surface area contributed by atoms with Crippen LogP contribution in [0.3, 0.4) is 0 Å². The van der Waals surface area contributed by atoms with Crippen molar-refractivity contribution in [3.63, 3.8) is 0 Å². The molecular weight excluding hydrogens is 261 g/mol. The topological polar surface area (TPSA) is 64.9 Å². The molecule has 0 saturated heterocycles. The lowest BCUT2D eigenvalue weighted by molar-refractivity contribution is 0.375. The molecule has 0 fully saturated rings. The van der Waals surface area contributed by atoms with Crippen molar-refractivity contribution in [1.82, 2.24) is 10.1 Å². The Morgan fingerprint density at radius 3 is 2.47 bits per heavy atom. The van der Waals surface area contributed by atoms with Gasteiger partial charge in [0, 0.05) is 16.5 Å². The van der Waals surface area contributed by atoms with Gasteiger partial charge in [-0.05, 0) is 23.8 Å². The number of hydrogen-bond acceptors (Lipinski definition) is 4. The van der Waals surface area contributed by atoms with Gasteiger partial charge < -0.3 is 10.3 Å². The van der Waals surface area contributed by atoms with Crippen molar-refractivity contribution >= 4 is 23.2 Å². The van der Waals surface area contributed by atoms with Gasteiger partial charge in [0.1, 0.15) is 0 Å². The minimum Gasteiger partial charge on any atom is -0.339 e. The molecular formula is C11H11Cl2N3O. The van der Waals surface area contributed by atoms with Gasteiger partial charge in [0.15, 0.2) is 5.82 Å². The van der Waals surface area contributed by atoms with Crippen molar-refractivity contribution in [2.75, 3.05) is 0 Å². The molecule has 90 valence electrons. The minimum absolute atomic E-state index is 0.431. The van der Waals surface area contributed by atoms with E-state index in [1.165, 1.54) is 0 Å². The van der Waals surface area contributed by atoms with Crippen LogP contribution in [-0.4, -0.2) is 10.1 Å². The summed E-state index contributed by atoms with van der Waals surface area (Å²) >= 11 is 11.8. The molecule has 2 rings (SSSR count). The second-order valence-electron chi connectivity index (χ2n) is 3.58. The zero-order valence-electron chi connectivity index (χ0n) is 9.15. The molecule has 1 aromatic carbocycles. The van der Waals surface area contributed by atoms with Gasteiger partial charge in [-0.25, -0.2) is 0 Å². The fraction of sp³-hybridized carbons (Fsp3) is 0.273. The van der Waals surface area contributed by atoms with E-state index in [0.29, 0.717) is 28.2 Å². The summed E-state index contributed by atoms with van der Waals surface area (Å²) in [7, 11) is 0. The Balaban J connectivity index is 2.32. The second-order valence-corrected chi connectivity index (χ2v) is 4.45. The van der Waals surface area contributed by atoms with E-state index in [0.717, 1.165) is 5.56 Å². The molecule has 0 aliphatic rings. The van der Waals surface area contributed by atoms with E-state index in [4.69, 9.17) is 33.5 Å². The molecule has 0 bridgehead atoms. The average molecular weight is 272 g/mol. The molecule has 1 heterocycles. The summed E-state index contributed by atoms with van der Waals surface area (Å²) in [5.74, 6) is 0.990. The summed E-state index contributed by atoms with van der Waals surface area (Å²) in [5.41, 5.74) is 6.78. The van der Waals surface area contributed by atoms with Gasteiger partial charge in [-0.3, -0.25) is 0 Å². The number of rotatable bonds is 3. The normalized spacial score (nSPS) is 12.7. The van der Waals surface area contributed by atoms with Gasteiger partial charge >= 0.3 is 0 Å². The first-order valence-electron chi connectivity index (χ1n) is 5.14. The molecule has 1 aromatic heterocycles. The highest BCUT2D eigenvalue weighted by molar-refractivity contribution is 6.34. The Morgan fingerprint density at radius 2 is 1.94 bits per heavy atom. The number of aryl methyl sites for hydroxylation is 1. The van der Waals surface area contributed by atoms with Crippen molar-refractivity contribution in [1.29, 1.82) is 0 Å². The SMILES string of the molecule is CCc1nc(C(N)c2cc(Cl)cc(Cl)c2)no1. The van der Waals surface area contributed by atoms with Crippen LogP contribution in [-0.2, 0) is 6.42 Å². The van der Waals surface area contributed by atoms with Crippen LogP contribution < -0.4 is 5.73 Å². The third-order valence-corrected chi connectivity index (χ3v) is 2.74. The molecule has 0 amide bonds. The molecule has 0 radical (unpaired) electrons. The Hall–Kier alpha value is -1.10. The van der Waals surface area contributed by atoms with Crippen LogP contribution in [0.25, 0.3) is 0 Å². The first-order chi connectivity index (χ1) is 8.10. The van der Waals surface area contributed by atoms with Crippen molar-refractivity contribution in [2.45, 2.75) is 19.4 Å². The summed E-state index contributed by atoms with van der Waals surface area (Å²) in [5, 5.41) is 4.88. The maximum atomic E-state index is 6.02. The van der Waals surface area contributed by atoms with Gasteiger partial charge in [0.25, 0.3) is 0 Å². The summed E-state index contributed by atoms with van der Waals surface area (Å²) in [6.07, 6.45) is 0.677. The predicted octanol–water partition coefficient (Wildman–Crippen LogP) is 2.99. The maximum absolute atomic E-state index is 6.02. The quantitative estimate of drug-likeness (QED) is 0.932. The predicted molar refractivity (Wildman–Crippen MR) is 66.2 cm³/mol. The summed E-state index contributed by atoms with van der Waals surface area (Å²) < 4.78 is 5.01. The molecule has 2 aromatic rings. The highest BCUT2D eigenvalue weighted by atomic mass is 35.5. The summed E-state index contributed by atoms with van der Waals surface area (Å²) in [6.45, 7) is 1.93. The Bertz CT molecular complexity index is 507. The highest BCUT2D eigenvalue weighted by Crippen LogP contribution is 2.25. The van der Waals surface area contributed by atoms with Crippen LogP contribution >= 0.6 is 23.2 Å². The second kappa shape index (κ2) is 5.04. The first-order valence-corrected chi connectivity index (χ1v) is 5.89. The lowest BCUT2D eigenvalue weighted by atomic mass is 10.1. The molecule has 1 atom stereocenters. The average Bonchev–Trinajstić information content (AvgIpc) is 2.75. The standard InChI is InChI=1S/C11H11Cl2N3O/c1-2-9-15-11(16-17-9)10(14)6-3-7(12)5-8(13)4-6/h3-5,10H,2,14H2,1H3. The van der Waals surface area contributed by atoms with Crippen LogP contribution in [0.1, 0.15) is 30.2 Å². The third kappa shape index (κ3) is 2.77. The van der Waals surface area contributed by atoms with Gasteiger partial charge in [0.2, 0.25) is 5.89 Å². The fourth-order valence-electron chi connectivity index (χ4n) is 1.44. The van der Waals surface area contributed by atoms with Crippen LogP contribution in [0.2, 0.25) is 10.0 Å². The monoisotopic (exact) mass is 271 g/mol. The van der Waals surface area contributed by atoms with E-state index in [-0.39, 0.29) is 0 Å². The molecule has 6 heteroatoms. The van der Waals surface area contributed by atoms with Crippen LogP contribution in [0.5, 0.6) is 0 Å². The highest BCUT2D eigenvalue weighted by Gasteiger charge is 2.16. The summed E-state index contributed by atoms with van der Waals surface area (Å²) in [4.78, 5) is 4.18. The van der Waals surface area contributed by atoms with Crippen LogP contribution in [0.4, 0.5) is 0 Å². The largest absolute Gasteiger partial charge is 0.339 e. The van der Waals surface area contributed by atoms with Gasteiger partial charge in [-0.15, -0.1) is 0 Å². The van der Waals surface area contributed by atoms with E-state index >= 15 is 0 Å². The van der Waals surface area contributed by atoms with E-state index in [2.05, 4.69) is 10.1 Å². The number of hydrogen-bond donors (Lipinski definition) is 1. The van der Waals surface area contributed by atoms with Gasteiger partial charge in [-0.2, -0.15) is 4.98 Å². The van der Waals surface area contributed by atoms with Crippen molar-refractivity contribution in [2.24, 2.45) is 5.73 Å². The minimum atomic E-state index is -0.491. The van der Waals surface area contributed by atoms with Crippen molar-refractivity contribution in [3.8, 4) is 0 Å². The molecule has 0 spiro atoms. The fourth-order valence-corrected chi connectivity index (χ4v) is 1.98. The number of benzene rings is 1. The number of nitrogens with two attached hydrogens (primary N) is 1. The van der Waals surface area contributed by atoms with E-state index < -0.39 is 6.04 Å². The molecule has 0 aliphatic carbocycles.